The number of carbonyl (C=O) groups is 1. The van der Waals surface area contributed by atoms with Gasteiger partial charge in [0.15, 0.2) is 0 Å². The van der Waals surface area contributed by atoms with Gasteiger partial charge in [-0.15, -0.1) is 0 Å². The number of aliphatic carboxylic acids is 1. The Balaban J connectivity index is 1.92. The summed E-state index contributed by atoms with van der Waals surface area (Å²) >= 11 is 0. The minimum atomic E-state index is -0.943. The summed E-state index contributed by atoms with van der Waals surface area (Å²) in [6.45, 7) is 0.742. The van der Waals surface area contributed by atoms with Gasteiger partial charge in [-0.25, -0.2) is 0 Å². The molecule has 6 nitrogen and oxygen atoms in total. The number of nitrogens with two attached hydrogens (primary N) is 2. The predicted molar refractivity (Wildman–Crippen MR) is 47.7 cm³/mol. The zero-order valence-corrected chi connectivity index (χ0v) is 7.36. The second-order valence-corrected chi connectivity index (χ2v) is 3.21. The van der Waals surface area contributed by atoms with E-state index >= 15 is 0 Å². The van der Waals surface area contributed by atoms with E-state index in [1.807, 2.05) is 0 Å². The minimum Gasteiger partial charge on any atom is -0.480 e. The van der Waals surface area contributed by atoms with Crippen LogP contribution in [0.15, 0.2) is 0 Å². The highest BCUT2D eigenvalue weighted by atomic mass is 16.4. The number of nitrogens with one attached hydrogen (secondary N) is 2. The van der Waals surface area contributed by atoms with Crippen LogP contribution in [-0.2, 0) is 4.79 Å². The first kappa shape index (κ1) is 10.4. The molecule has 1 fully saturated rings. The summed E-state index contributed by atoms with van der Waals surface area (Å²) in [7, 11) is 0. The van der Waals surface area contributed by atoms with E-state index in [1.165, 1.54) is 0 Å². The summed E-state index contributed by atoms with van der Waals surface area (Å²) in [5.41, 5.74) is 10.8. The molecule has 13 heavy (non-hydrogen) atoms. The van der Waals surface area contributed by atoms with Crippen molar-refractivity contribution in [1.82, 2.24) is 10.6 Å². The molecule has 1 aliphatic heterocycles. The first-order valence-electron chi connectivity index (χ1n) is 4.34. The molecule has 6 heteroatoms. The van der Waals surface area contributed by atoms with Crippen molar-refractivity contribution in [1.29, 1.82) is 0 Å². The number of carboxylic acid groups (broad SMARTS) is 1. The Labute approximate surface area is 76.7 Å². The third-order valence-corrected chi connectivity index (χ3v) is 2.00. The average molecular weight is 188 g/mol. The second-order valence-electron chi connectivity index (χ2n) is 3.21. The van der Waals surface area contributed by atoms with Gasteiger partial charge in [0.2, 0.25) is 0 Å². The van der Waals surface area contributed by atoms with Gasteiger partial charge in [0.1, 0.15) is 6.04 Å². The smallest absolute Gasteiger partial charge is 0.320 e. The summed E-state index contributed by atoms with van der Waals surface area (Å²) in [5.74, 6) is -0.943. The molecule has 0 aromatic carbocycles. The quantitative estimate of drug-likeness (QED) is 0.242. The fourth-order valence-corrected chi connectivity index (χ4v) is 1.04. The van der Waals surface area contributed by atoms with Gasteiger partial charge in [0.25, 0.3) is 0 Å². The van der Waals surface area contributed by atoms with E-state index in [9.17, 15) is 4.79 Å². The summed E-state index contributed by atoms with van der Waals surface area (Å²) in [4.78, 5) is 10.3. The summed E-state index contributed by atoms with van der Waals surface area (Å²) in [6, 6.07) is -0.748. The van der Waals surface area contributed by atoms with Crippen molar-refractivity contribution in [2.45, 2.75) is 31.2 Å². The van der Waals surface area contributed by atoms with Crippen LogP contribution in [0, 0.1) is 0 Å². The van der Waals surface area contributed by atoms with Crippen LogP contribution in [0.4, 0.5) is 0 Å². The second kappa shape index (κ2) is 4.52. The Morgan fingerprint density at radius 1 is 1.69 bits per heavy atom. The van der Waals surface area contributed by atoms with Crippen molar-refractivity contribution in [3.8, 4) is 0 Å². The first-order valence-corrected chi connectivity index (χ1v) is 4.34. The van der Waals surface area contributed by atoms with Crippen molar-refractivity contribution in [2.24, 2.45) is 11.5 Å². The van der Waals surface area contributed by atoms with Crippen LogP contribution in [0.2, 0.25) is 0 Å². The molecule has 0 aromatic heterocycles. The highest BCUT2D eigenvalue weighted by Crippen LogP contribution is 2.00. The lowest BCUT2D eigenvalue weighted by atomic mass is 10.2. The standard InChI is InChI=1S/C7H16N4O2/c8-4(7(12)13)2-1-3-10-6-5(9)11-6/h4-6,10-11H,1-3,8-9H2,(H,12,13)/t4-,5?,6?/m1/s1. The number of hydrogen-bond donors (Lipinski definition) is 5. The molecule has 3 atom stereocenters. The molecule has 0 spiro atoms. The molecule has 0 radical (unpaired) electrons. The van der Waals surface area contributed by atoms with Gasteiger partial charge in [0, 0.05) is 0 Å². The molecule has 0 saturated carbocycles. The molecule has 76 valence electrons. The molecule has 1 saturated heterocycles. The van der Waals surface area contributed by atoms with Gasteiger partial charge < -0.3 is 16.6 Å². The molecule has 0 amide bonds. The monoisotopic (exact) mass is 188 g/mol. The molecular formula is C7H16N4O2. The van der Waals surface area contributed by atoms with Crippen molar-refractivity contribution in [3.05, 3.63) is 0 Å². The molecule has 0 aliphatic carbocycles. The third kappa shape index (κ3) is 3.69. The average Bonchev–Trinajstić information content (AvgIpc) is 2.75. The van der Waals surface area contributed by atoms with Gasteiger partial charge >= 0.3 is 5.97 Å². The van der Waals surface area contributed by atoms with E-state index in [-0.39, 0.29) is 12.3 Å². The van der Waals surface area contributed by atoms with Crippen molar-refractivity contribution in [2.75, 3.05) is 6.54 Å². The molecule has 7 N–H and O–H groups in total. The van der Waals surface area contributed by atoms with Gasteiger partial charge in [-0.3, -0.25) is 15.4 Å². The number of carboxylic acids is 1. The van der Waals surface area contributed by atoms with Crippen LogP contribution in [0.25, 0.3) is 0 Å². The van der Waals surface area contributed by atoms with E-state index in [4.69, 9.17) is 16.6 Å². The normalized spacial score (nSPS) is 28.5. The largest absolute Gasteiger partial charge is 0.480 e. The fraction of sp³-hybridized carbons (Fsp3) is 0.857. The maximum atomic E-state index is 10.3. The summed E-state index contributed by atoms with van der Waals surface area (Å²) < 4.78 is 0. The van der Waals surface area contributed by atoms with Crippen LogP contribution in [0.5, 0.6) is 0 Å². The predicted octanol–water partition coefficient (Wildman–Crippen LogP) is -2.02. The Morgan fingerprint density at radius 3 is 2.77 bits per heavy atom. The van der Waals surface area contributed by atoms with E-state index in [0.717, 1.165) is 13.0 Å². The van der Waals surface area contributed by atoms with Crippen LogP contribution in [-0.4, -0.2) is 36.0 Å². The molecule has 1 heterocycles. The van der Waals surface area contributed by atoms with Crippen LogP contribution in [0.1, 0.15) is 12.8 Å². The van der Waals surface area contributed by atoms with Crippen molar-refractivity contribution < 1.29 is 9.90 Å². The Hall–Kier alpha value is -0.690. The highest BCUT2D eigenvalue weighted by Gasteiger charge is 2.31. The van der Waals surface area contributed by atoms with E-state index < -0.39 is 12.0 Å². The SMILES string of the molecule is NC1NC1NCCC[C@@H](N)C(=O)O. The molecule has 1 rings (SSSR count). The van der Waals surface area contributed by atoms with E-state index in [2.05, 4.69) is 10.6 Å². The maximum Gasteiger partial charge on any atom is 0.320 e. The fourth-order valence-electron chi connectivity index (χ4n) is 1.04. The Kier molecular flexibility index (Phi) is 3.61. The third-order valence-electron chi connectivity index (χ3n) is 2.00. The molecule has 2 unspecified atom stereocenters. The number of hydrogen-bond acceptors (Lipinski definition) is 5. The zero-order valence-electron chi connectivity index (χ0n) is 7.36. The highest BCUT2D eigenvalue weighted by molar-refractivity contribution is 5.72. The van der Waals surface area contributed by atoms with Gasteiger partial charge in [-0.1, -0.05) is 0 Å². The van der Waals surface area contributed by atoms with Gasteiger partial charge in [-0.05, 0) is 19.4 Å². The van der Waals surface area contributed by atoms with Gasteiger partial charge in [0.05, 0.1) is 12.3 Å². The molecule has 0 bridgehead atoms. The van der Waals surface area contributed by atoms with Crippen molar-refractivity contribution in [3.63, 3.8) is 0 Å². The van der Waals surface area contributed by atoms with Crippen LogP contribution in [0.3, 0.4) is 0 Å². The molecule has 0 aromatic rings. The lowest BCUT2D eigenvalue weighted by Gasteiger charge is -2.05. The van der Waals surface area contributed by atoms with Gasteiger partial charge in [-0.2, -0.15) is 0 Å². The summed E-state index contributed by atoms with van der Waals surface area (Å²) in [6.07, 6.45) is 1.48. The maximum absolute atomic E-state index is 10.3. The van der Waals surface area contributed by atoms with Crippen LogP contribution >= 0.6 is 0 Å². The zero-order chi connectivity index (χ0) is 9.84. The van der Waals surface area contributed by atoms with E-state index in [0.29, 0.717) is 6.42 Å². The number of rotatable bonds is 6. The minimum absolute atomic E-state index is 0.0492. The lowest BCUT2D eigenvalue weighted by Crippen LogP contribution is -2.32. The Morgan fingerprint density at radius 2 is 2.31 bits per heavy atom. The van der Waals surface area contributed by atoms with Crippen molar-refractivity contribution >= 4 is 5.97 Å². The molecule has 1 aliphatic rings. The van der Waals surface area contributed by atoms with Crippen LogP contribution < -0.4 is 22.1 Å². The van der Waals surface area contributed by atoms with E-state index in [1.54, 1.807) is 0 Å². The topological polar surface area (TPSA) is 123 Å². The summed E-state index contributed by atoms with van der Waals surface area (Å²) in [5, 5.41) is 14.5. The molecular weight excluding hydrogens is 172 g/mol. The Bertz CT molecular complexity index is 187. The first-order chi connectivity index (χ1) is 6.11. The lowest BCUT2D eigenvalue weighted by molar-refractivity contribution is -0.138.